The van der Waals surface area contributed by atoms with Gasteiger partial charge in [0.15, 0.2) is 0 Å². The van der Waals surface area contributed by atoms with E-state index in [9.17, 15) is 0 Å². The van der Waals surface area contributed by atoms with E-state index in [-0.39, 0.29) is 12.1 Å². The van der Waals surface area contributed by atoms with Crippen LogP contribution in [0.4, 0.5) is 5.95 Å². The second kappa shape index (κ2) is 6.75. The van der Waals surface area contributed by atoms with Gasteiger partial charge in [-0.25, -0.2) is 4.68 Å². The summed E-state index contributed by atoms with van der Waals surface area (Å²) in [4.78, 5) is 4.45. The zero-order valence-corrected chi connectivity index (χ0v) is 16.6. The van der Waals surface area contributed by atoms with Crippen molar-refractivity contribution < 1.29 is 4.74 Å². The molecule has 2 atom stereocenters. The van der Waals surface area contributed by atoms with E-state index in [1.54, 1.807) is 6.33 Å². The smallest absolute Gasteiger partial charge is 0.226 e. The van der Waals surface area contributed by atoms with Gasteiger partial charge >= 0.3 is 0 Å². The highest BCUT2D eigenvalue weighted by Gasteiger charge is 2.40. The summed E-state index contributed by atoms with van der Waals surface area (Å²) in [5.41, 5.74) is 5.30. The number of anilines is 1. The summed E-state index contributed by atoms with van der Waals surface area (Å²) in [7, 11) is 0. The van der Waals surface area contributed by atoms with Crippen LogP contribution in [0, 0.1) is 0 Å². The van der Waals surface area contributed by atoms with E-state index >= 15 is 0 Å². The summed E-state index contributed by atoms with van der Waals surface area (Å²) in [6.07, 6.45) is 1.29. The lowest BCUT2D eigenvalue weighted by atomic mass is 9.84. The molecule has 1 aromatic heterocycles. The number of hydrogen-bond donors (Lipinski definition) is 1. The third-order valence-corrected chi connectivity index (χ3v) is 5.86. The molecule has 0 saturated heterocycles. The summed E-state index contributed by atoms with van der Waals surface area (Å²) < 4.78 is 8.49. The number of ether oxygens (including phenoxy) is 1. The molecule has 2 aliphatic heterocycles. The van der Waals surface area contributed by atoms with E-state index in [4.69, 9.17) is 16.3 Å². The molecule has 0 unspecified atom stereocenters. The van der Waals surface area contributed by atoms with Crippen molar-refractivity contribution >= 4 is 23.2 Å². The van der Waals surface area contributed by atoms with Crippen molar-refractivity contribution in [2.75, 3.05) is 5.32 Å². The summed E-state index contributed by atoms with van der Waals surface area (Å²) in [6.45, 7) is 0. The lowest BCUT2D eigenvalue weighted by Gasteiger charge is -2.39. The lowest BCUT2D eigenvalue weighted by Crippen LogP contribution is -2.32. The number of hydrogen-bond acceptors (Lipinski definition) is 4. The predicted molar refractivity (Wildman–Crippen MR) is 116 cm³/mol. The molecular formula is C24H17ClN4O. The average Bonchev–Trinajstić information content (AvgIpc) is 3.26. The number of rotatable bonds is 2. The van der Waals surface area contributed by atoms with Crippen LogP contribution in [0.2, 0.25) is 5.02 Å². The largest absolute Gasteiger partial charge is 0.480 e. The van der Waals surface area contributed by atoms with Crippen molar-refractivity contribution in [3.05, 3.63) is 112 Å². The molecule has 1 N–H and O–H groups in total. The Morgan fingerprint density at radius 3 is 2.47 bits per heavy atom. The maximum atomic E-state index is 6.57. The third-order valence-electron chi connectivity index (χ3n) is 5.61. The van der Waals surface area contributed by atoms with E-state index in [1.807, 2.05) is 65.3 Å². The van der Waals surface area contributed by atoms with Crippen LogP contribution in [-0.4, -0.2) is 14.8 Å². The Balaban J connectivity index is 1.63. The Morgan fingerprint density at radius 1 is 0.867 bits per heavy atom. The number of nitrogens with zero attached hydrogens (tertiary/aromatic N) is 3. The molecule has 6 heteroatoms. The van der Waals surface area contributed by atoms with Gasteiger partial charge in [-0.1, -0.05) is 66.2 Å². The fourth-order valence-corrected chi connectivity index (χ4v) is 4.41. The highest BCUT2D eigenvalue weighted by Crippen LogP contribution is 2.50. The normalized spacial score (nSPS) is 19.2. The maximum Gasteiger partial charge on any atom is 0.226 e. The molecule has 0 amide bonds. The first-order chi connectivity index (χ1) is 14.8. The molecule has 0 aliphatic carbocycles. The van der Waals surface area contributed by atoms with E-state index < -0.39 is 0 Å². The number of nitrogens with one attached hydrogen (secondary N) is 1. The van der Waals surface area contributed by atoms with Gasteiger partial charge in [-0.05, 0) is 35.4 Å². The van der Waals surface area contributed by atoms with Gasteiger partial charge in [0.25, 0.3) is 0 Å². The molecule has 146 valence electrons. The molecule has 30 heavy (non-hydrogen) atoms. The number of halogens is 1. The number of para-hydroxylation sites is 1. The molecule has 4 aromatic rings. The quantitative estimate of drug-likeness (QED) is 0.473. The highest BCUT2D eigenvalue weighted by molar-refractivity contribution is 6.30. The number of aromatic nitrogens is 3. The topological polar surface area (TPSA) is 52.0 Å². The fourth-order valence-electron chi connectivity index (χ4n) is 4.29. The minimum Gasteiger partial charge on any atom is -0.480 e. The van der Waals surface area contributed by atoms with Gasteiger partial charge in [-0.15, -0.1) is 0 Å². The summed E-state index contributed by atoms with van der Waals surface area (Å²) in [6, 6.07) is 26.1. The minimum atomic E-state index is -0.290. The maximum absolute atomic E-state index is 6.57. The molecule has 0 saturated carbocycles. The highest BCUT2D eigenvalue weighted by atomic mass is 35.5. The van der Waals surface area contributed by atoms with Crippen LogP contribution >= 0.6 is 11.6 Å². The average molecular weight is 413 g/mol. The molecule has 0 radical (unpaired) electrons. The first kappa shape index (κ1) is 17.3. The molecule has 0 fully saturated rings. The standard InChI is InChI=1S/C24H17ClN4O/c25-17-12-10-16(11-13-17)23-20-21(18-8-4-5-9-19(18)30-23)28-24-26-14-27-29(24)22(20)15-6-2-1-3-7-15/h1-14,22-23H,(H,26,27,28)/t22-,23-/m1/s1. The van der Waals surface area contributed by atoms with Gasteiger partial charge in [0.2, 0.25) is 5.95 Å². The molecule has 0 bridgehead atoms. The van der Waals surface area contributed by atoms with Crippen molar-refractivity contribution in [2.24, 2.45) is 0 Å². The molecule has 3 heterocycles. The van der Waals surface area contributed by atoms with E-state index in [1.165, 1.54) is 0 Å². The molecular weight excluding hydrogens is 396 g/mol. The minimum absolute atomic E-state index is 0.144. The van der Waals surface area contributed by atoms with E-state index in [0.717, 1.165) is 33.7 Å². The summed E-state index contributed by atoms with van der Waals surface area (Å²) >= 11 is 6.16. The van der Waals surface area contributed by atoms with Gasteiger partial charge < -0.3 is 10.1 Å². The van der Waals surface area contributed by atoms with Crippen LogP contribution in [0.25, 0.3) is 5.70 Å². The Hall–Kier alpha value is -3.57. The van der Waals surface area contributed by atoms with Crippen LogP contribution in [0.1, 0.15) is 28.8 Å². The first-order valence-electron chi connectivity index (χ1n) is 9.76. The van der Waals surface area contributed by atoms with Gasteiger partial charge in [0.05, 0.1) is 5.70 Å². The SMILES string of the molecule is Clc1ccc([C@H]2Oc3ccccc3C3=C2[C@@H](c2ccccc2)n2ncnc2N3)cc1. The first-order valence-corrected chi connectivity index (χ1v) is 10.1. The summed E-state index contributed by atoms with van der Waals surface area (Å²) in [5, 5.41) is 8.74. The van der Waals surface area contributed by atoms with E-state index in [2.05, 4.69) is 33.6 Å². The van der Waals surface area contributed by atoms with Crippen LogP contribution < -0.4 is 10.1 Å². The molecule has 6 rings (SSSR count). The monoisotopic (exact) mass is 412 g/mol. The Bertz CT molecular complexity index is 1260. The predicted octanol–water partition coefficient (Wildman–Crippen LogP) is 5.49. The third kappa shape index (κ3) is 2.63. The van der Waals surface area contributed by atoms with Crippen molar-refractivity contribution in [3.63, 3.8) is 0 Å². The molecule has 2 aliphatic rings. The van der Waals surface area contributed by atoms with Crippen LogP contribution in [0.15, 0.2) is 90.8 Å². The Kier molecular flexibility index (Phi) is 3.89. The second-order valence-electron chi connectivity index (χ2n) is 7.34. The zero-order valence-electron chi connectivity index (χ0n) is 15.9. The second-order valence-corrected chi connectivity index (χ2v) is 7.78. The molecule has 0 spiro atoms. The molecule has 5 nitrogen and oxygen atoms in total. The Labute approximate surface area is 178 Å². The van der Waals surface area contributed by atoms with Gasteiger partial charge in [0, 0.05) is 16.2 Å². The number of benzene rings is 3. The zero-order chi connectivity index (χ0) is 20.1. The fraction of sp³-hybridized carbons (Fsp3) is 0.0833. The Morgan fingerprint density at radius 2 is 1.63 bits per heavy atom. The summed E-state index contributed by atoms with van der Waals surface area (Å²) in [5.74, 6) is 1.55. The van der Waals surface area contributed by atoms with E-state index in [0.29, 0.717) is 11.0 Å². The lowest BCUT2D eigenvalue weighted by molar-refractivity contribution is 0.223. The van der Waals surface area contributed by atoms with Gasteiger partial charge in [-0.2, -0.15) is 10.1 Å². The van der Waals surface area contributed by atoms with Gasteiger partial charge in [-0.3, -0.25) is 0 Å². The molecule has 3 aromatic carbocycles. The van der Waals surface area contributed by atoms with Crippen molar-refractivity contribution in [1.29, 1.82) is 0 Å². The van der Waals surface area contributed by atoms with Crippen molar-refractivity contribution in [1.82, 2.24) is 14.8 Å². The van der Waals surface area contributed by atoms with Crippen molar-refractivity contribution in [2.45, 2.75) is 12.1 Å². The van der Waals surface area contributed by atoms with Crippen molar-refractivity contribution in [3.8, 4) is 5.75 Å². The number of fused-ring (bicyclic) bond motifs is 3. The van der Waals surface area contributed by atoms with Gasteiger partial charge in [0.1, 0.15) is 24.2 Å². The van der Waals surface area contributed by atoms with Crippen LogP contribution in [0.3, 0.4) is 0 Å². The van der Waals surface area contributed by atoms with Crippen LogP contribution in [0.5, 0.6) is 5.75 Å². The van der Waals surface area contributed by atoms with Crippen LogP contribution in [-0.2, 0) is 0 Å².